The van der Waals surface area contributed by atoms with Gasteiger partial charge in [-0.25, -0.2) is 0 Å². The molecule has 3 amide bonds. The number of ether oxygens (including phenoxy) is 3. The molecule has 1 aromatic carbocycles. The van der Waals surface area contributed by atoms with E-state index in [1.807, 2.05) is 55.5 Å². The number of aliphatic hydroxyl groups is 1. The van der Waals surface area contributed by atoms with E-state index in [0.717, 1.165) is 31.5 Å². The lowest BCUT2D eigenvalue weighted by Gasteiger charge is -2.36. The van der Waals surface area contributed by atoms with Crippen LogP contribution in [0.4, 0.5) is 0 Å². The molecule has 12 heteroatoms. The van der Waals surface area contributed by atoms with Crippen LogP contribution < -0.4 is 5.32 Å². The molecule has 2 N–H and O–H groups in total. The summed E-state index contributed by atoms with van der Waals surface area (Å²) in [5.41, 5.74) is -0.643. The molecule has 266 valence electrons. The summed E-state index contributed by atoms with van der Waals surface area (Å²) >= 11 is 0. The summed E-state index contributed by atoms with van der Waals surface area (Å²) in [6, 6.07) is 7.80. The summed E-state index contributed by atoms with van der Waals surface area (Å²) in [5, 5.41) is 12.3. The number of aliphatic hydroxyl groups excluding tert-OH is 1. The molecule has 6 rings (SSSR count). The molecule has 49 heavy (non-hydrogen) atoms. The molecule has 5 heterocycles. The maximum absolute atomic E-state index is 14.7. The average molecular weight is 679 g/mol. The SMILES string of the molecule is C[C@@H]1NC(=O)CC/C=C\[C@@H]2O[C@@]34C=CCN(CCN5CCOCC5)C(=O)[C@@H]3N(CCCCCCO)C(=O)[C@H]4[C@@H]2C(=O)O[C@H]1c1ccccc1. The average Bonchev–Trinajstić information content (AvgIpc) is 3.49. The minimum Gasteiger partial charge on any atom is -0.455 e. The van der Waals surface area contributed by atoms with E-state index < -0.39 is 47.7 Å². The lowest BCUT2D eigenvalue weighted by molar-refractivity contribution is -0.161. The first-order valence-electron chi connectivity index (χ1n) is 17.9. The van der Waals surface area contributed by atoms with Crippen molar-refractivity contribution in [2.24, 2.45) is 11.8 Å². The van der Waals surface area contributed by atoms with Crippen LogP contribution in [-0.2, 0) is 33.4 Å². The molecule has 0 aromatic heterocycles. The van der Waals surface area contributed by atoms with Crippen LogP contribution in [0.2, 0.25) is 0 Å². The molecule has 12 nitrogen and oxygen atoms in total. The monoisotopic (exact) mass is 678 g/mol. The first-order valence-corrected chi connectivity index (χ1v) is 17.9. The molecule has 0 unspecified atom stereocenters. The molecular formula is C37H50N4O8. The molecule has 5 aliphatic heterocycles. The van der Waals surface area contributed by atoms with E-state index >= 15 is 0 Å². The molecule has 0 bridgehead atoms. The Morgan fingerprint density at radius 3 is 2.49 bits per heavy atom. The van der Waals surface area contributed by atoms with Gasteiger partial charge in [0.1, 0.15) is 23.7 Å². The number of benzene rings is 1. The number of carbonyl (C=O) groups excluding carboxylic acids is 4. The van der Waals surface area contributed by atoms with Crippen molar-refractivity contribution in [2.45, 2.75) is 75.3 Å². The fraction of sp³-hybridized carbons (Fsp3) is 0.622. The molecule has 1 aromatic rings. The topological polar surface area (TPSA) is 138 Å². The van der Waals surface area contributed by atoms with Gasteiger partial charge >= 0.3 is 5.97 Å². The maximum Gasteiger partial charge on any atom is 0.313 e. The highest BCUT2D eigenvalue weighted by Crippen LogP contribution is 2.53. The molecule has 3 saturated heterocycles. The summed E-state index contributed by atoms with van der Waals surface area (Å²) in [5.74, 6) is -3.21. The Bertz CT molecular complexity index is 1400. The number of nitrogens with one attached hydrogen (secondary N) is 1. The number of hydrogen-bond acceptors (Lipinski definition) is 9. The Morgan fingerprint density at radius 2 is 1.71 bits per heavy atom. The highest BCUT2D eigenvalue weighted by atomic mass is 16.6. The van der Waals surface area contributed by atoms with Gasteiger partial charge in [-0.05, 0) is 31.7 Å². The largest absolute Gasteiger partial charge is 0.455 e. The zero-order valence-corrected chi connectivity index (χ0v) is 28.4. The number of carbonyl (C=O) groups is 4. The van der Waals surface area contributed by atoms with E-state index in [-0.39, 0.29) is 30.7 Å². The first-order chi connectivity index (χ1) is 23.8. The number of rotatable bonds is 10. The van der Waals surface area contributed by atoms with Crippen molar-refractivity contribution in [2.75, 3.05) is 59.1 Å². The smallest absolute Gasteiger partial charge is 0.313 e. The fourth-order valence-corrected chi connectivity index (χ4v) is 8.03. The summed E-state index contributed by atoms with van der Waals surface area (Å²) in [6.45, 7) is 6.73. The third kappa shape index (κ3) is 7.47. The minimum absolute atomic E-state index is 0.108. The van der Waals surface area contributed by atoms with Gasteiger partial charge in [0, 0.05) is 52.3 Å². The molecule has 1 spiro atoms. The molecule has 3 fully saturated rings. The van der Waals surface area contributed by atoms with Crippen molar-refractivity contribution in [1.82, 2.24) is 20.0 Å². The quantitative estimate of drug-likeness (QED) is 0.216. The van der Waals surface area contributed by atoms with Crippen LogP contribution in [-0.4, -0.2) is 126 Å². The number of hydrogen-bond donors (Lipinski definition) is 2. The highest BCUT2D eigenvalue weighted by Gasteiger charge is 2.71. The lowest BCUT2D eigenvalue weighted by Crippen LogP contribution is -2.56. The summed E-state index contributed by atoms with van der Waals surface area (Å²) in [4.78, 5) is 62.2. The normalized spacial score (nSPS) is 33.1. The summed E-state index contributed by atoms with van der Waals surface area (Å²) < 4.78 is 18.6. The Kier molecular flexibility index (Phi) is 11.5. The second kappa shape index (κ2) is 16.0. The minimum atomic E-state index is -1.37. The molecule has 7 atom stereocenters. The number of fused-ring (bicyclic) bond motifs is 2. The number of morpholine rings is 1. The van der Waals surface area contributed by atoms with Crippen LogP contribution in [0.25, 0.3) is 0 Å². The second-order valence-electron chi connectivity index (χ2n) is 13.7. The van der Waals surface area contributed by atoms with Gasteiger partial charge in [0.2, 0.25) is 17.7 Å². The van der Waals surface area contributed by atoms with Crippen molar-refractivity contribution in [3.8, 4) is 0 Å². The van der Waals surface area contributed by atoms with Gasteiger partial charge in [-0.2, -0.15) is 0 Å². The van der Waals surface area contributed by atoms with Gasteiger partial charge in [-0.15, -0.1) is 0 Å². The Morgan fingerprint density at radius 1 is 0.939 bits per heavy atom. The maximum atomic E-state index is 14.7. The first kappa shape index (κ1) is 35.3. The Balaban J connectivity index is 1.34. The van der Waals surface area contributed by atoms with Gasteiger partial charge in [-0.1, -0.05) is 67.5 Å². The van der Waals surface area contributed by atoms with Crippen LogP contribution in [0.15, 0.2) is 54.6 Å². The van der Waals surface area contributed by atoms with Crippen LogP contribution in [0.5, 0.6) is 0 Å². The number of allylic oxidation sites excluding steroid dienone is 1. The summed E-state index contributed by atoms with van der Waals surface area (Å²) in [7, 11) is 0. The molecule has 0 radical (unpaired) electrons. The van der Waals surface area contributed by atoms with Gasteiger partial charge in [-0.3, -0.25) is 24.1 Å². The molecule has 0 aliphatic carbocycles. The Labute approximate surface area is 288 Å². The number of amides is 3. The van der Waals surface area contributed by atoms with Crippen molar-refractivity contribution in [3.63, 3.8) is 0 Å². The van der Waals surface area contributed by atoms with Crippen molar-refractivity contribution < 1.29 is 38.5 Å². The van der Waals surface area contributed by atoms with E-state index in [0.29, 0.717) is 58.7 Å². The van der Waals surface area contributed by atoms with Crippen LogP contribution in [0.3, 0.4) is 0 Å². The summed E-state index contributed by atoms with van der Waals surface area (Å²) in [6.07, 6.45) is 9.31. The highest BCUT2D eigenvalue weighted by molar-refractivity contribution is 5.99. The van der Waals surface area contributed by atoms with E-state index in [1.165, 1.54) is 0 Å². The van der Waals surface area contributed by atoms with E-state index in [1.54, 1.807) is 15.9 Å². The molecular weight excluding hydrogens is 628 g/mol. The number of cyclic esters (lactones) is 1. The predicted octanol–water partition coefficient (Wildman–Crippen LogP) is 1.99. The third-order valence-electron chi connectivity index (χ3n) is 10.5. The molecule has 5 aliphatic rings. The van der Waals surface area contributed by atoms with Crippen LogP contribution in [0.1, 0.15) is 57.1 Å². The van der Waals surface area contributed by atoms with Crippen molar-refractivity contribution in [1.29, 1.82) is 0 Å². The van der Waals surface area contributed by atoms with Crippen molar-refractivity contribution in [3.05, 3.63) is 60.2 Å². The Hall–Kier alpha value is -3.58. The molecule has 0 saturated carbocycles. The number of esters is 1. The third-order valence-corrected chi connectivity index (χ3v) is 10.5. The number of nitrogens with zero attached hydrogens (tertiary/aromatic N) is 3. The number of unbranched alkanes of at least 4 members (excludes halogenated alkanes) is 3. The second-order valence-corrected chi connectivity index (χ2v) is 13.7. The number of likely N-dealkylation sites (tertiary alicyclic amines) is 1. The van der Waals surface area contributed by atoms with Crippen molar-refractivity contribution >= 4 is 23.7 Å². The predicted molar refractivity (Wildman–Crippen MR) is 180 cm³/mol. The van der Waals surface area contributed by atoms with E-state index in [9.17, 15) is 24.3 Å². The van der Waals surface area contributed by atoms with Crippen LogP contribution in [0, 0.1) is 11.8 Å². The zero-order valence-electron chi connectivity index (χ0n) is 28.4. The van der Waals surface area contributed by atoms with E-state index in [4.69, 9.17) is 14.2 Å². The standard InChI is InChI=1S/C37H50N4O8/c1-26-32(27-12-5-4-6-13-27)48-36(46)30-28(14-7-8-15-29(43)38-26)49-37-16-11-17-40(20-19-39-21-24-47-25-22-39)35(45)33(37)41(34(44)31(30)37)18-9-2-3-10-23-42/h4-7,11-14,16,26,28,30-33,42H,2-3,8-10,15,17-25H2,1H3,(H,38,43)/b14-7-/t26-,28-,30+,31+,32+,33-,37+/m0/s1. The van der Waals surface area contributed by atoms with Gasteiger partial charge in [0.05, 0.1) is 31.3 Å². The van der Waals surface area contributed by atoms with Gasteiger partial charge in [0.15, 0.2) is 0 Å². The fourth-order valence-electron chi connectivity index (χ4n) is 8.03. The zero-order chi connectivity index (χ0) is 34.4. The van der Waals surface area contributed by atoms with E-state index in [2.05, 4.69) is 10.2 Å². The van der Waals surface area contributed by atoms with Gasteiger partial charge in [0.25, 0.3) is 0 Å². The lowest BCUT2D eigenvalue weighted by atomic mass is 9.77. The van der Waals surface area contributed by atoms with Gasteiger partial charge < -0.3 is 34.4 Å². The van der Waals surface area contributed by atoms with Crippen LogP contribution >= 0.6 is 0 Å².